The smallest absolute Gasteiger partial charge is 0.503 e. The summed E-state index contributed by atoms with van der Waals surface area (Å²) in [7, 11) is 0. The molecule has 2 aromatic heterocycles. The summed E-state index contributed by atoms with van der Waals surface area (Å²) in [5.74, 6) is 1.73. The largest absolute Gasteiger partial charge is 2.00 e. The quantitative estimate of drug-likeness (QED) is 0.136. The Morgan fingerprint density at radius 1 is 0.795 bits per heavy atom. The van der Waals surface area contributed by atoms with Gasteiger partial charge in [0.05, 0.1) is 0 Å². The van der Waals surface area contributed by atoms with Gasteiger partial charge in [-0.25, -0.2) is 4.98 Å². The van der Waals surface area contributed by atoms with Crippen molar-refractivity contribution in [2.45, 2.75) is 26.2 Å². The molecule has 0 saturated heterocycles. The Bertz CT molecular complexity index is 1800. The molecule has 4 aromatic carbocycles. The van der Waals surface area contributed by atoms with E-state index in [0.717, 1.165) is 27.6 Å². The molecule has 0 aliphatic heterocycles. The van der Waals surface area contributed by atoms with Crippen LogP contribution in [0.1, 0.15) is 42.3 Å². The number of benzene rings is 4. The number of ketones is 1. The zero-order valence-corrected chi connectivity index (χ0v) is 24.1. The van der Waals surface area contributed by atoms with Crippen LogP contribution in [0.3, 0.4) is 0 Å². The normalized spacial score (nSPS) is 11.4. The molecule has 0 spiro atoms. The van der Waals surface area contributed by atoms with Crippen LogP contribution in [0.2, 0.25) is 0 Å². The average Bonchev–Trinajstić information content (AvgIpc) is 3.26. The molecular formula is C34H26N2O2Pt. The molecule has 0 aliphatic rings. The second-order valence-electron chi connectivity index (χ2n) is 10.3. The van der Waals surface area contributed by atoms with E-state index in [9.17, 15) is 4.79 Å². The molecule has 0 fully saturated rings. The third-order valence-electron chi connectivity index (χ3n) is 6.67. The Labute approximate surface area is 242 Å². The van der Waals surface area contributed by atoms with Crippen molar-refractivity contribution in [3.8, 4) is 17.3 Å². The Balaban J connectivity index is 0.00000308. The molecule has 194 valence electrons. The first-order valence-corrected chi connectivity index (χ1v) is 12.6. The molecule has 0 radical (unpaired) electrons. The minimum absolute atomic E-state index is 0. The van der Waals surface area contributed by atoms with Crippen molar-refractivity contribution < 1.29 is 30.6 Å². The molecule has 0 unspecified atom stereocenters. The van der Waals surface area contributed by atoms with Gasteiger partial charge in [-0.15, -0.1) is 35.7 Å². The number of pyridine rings is 1. The van der Waals surface area contributed by atoms with E-state index in [2.05, 4.69) is 61.7 Å². The second-order valence-corrected chi connectivity index (χ2v) is 10.3. The summed E-state index contributed by atoms with van der Waals surface area (Å²) in [6, 6.07) is 37.6. The molecule has 6 aromatic rings. The molecular weight excluding hydrogens is 663 g/mol. The third kappa shape index (κ3) is 5.17. The first-order valence-electron chi connectivity index (χ1n) is 12.6. The standard InChI is InChI=1S/C34H26N2O2.Pt/c1-34(2,3)25-18-19-35-32(21-25)36-30-15-8-7-14-28(30)29-17-16-27(22-31(29)36)38-26-13-9-12-24(20-26)33(37)23-10-5-4-6-11-23;/h4-19,21H,1-3H3;/q-2;+2. The predicted octanol–water partition coefficient (Wildman–Crippen LogP) is 8.10. The molecule has 0 saturated carbocycles. The summed E-state index contributed by atoms with van der Waals surface area (Å²) < 4.78 is 8.31. The number of nitrogens with zero attached hydrogens (tertiary/aromatic N) is 2. The zero-order chi connectivity index (χ0) is 26.3. The van der Waals surface area contributed by atoms with Crippen LogP contribution in [0.15, 0.2) is 103 Å². The minimum atomic E-state index is -0.0968. The van der Waals surface area contributed by atoms with Gasteiger partial charge in [0.1, 0.15) is 11.6 Å². The van der Waals surface area contributed by atoms with E-state index in [0.29, 0.717) is 22.6 Å². The predicted molar refractivity (Wildman–Crippen MR) is 151 cm³/mol. The van der Waals surface area contributed by atoms with Crippen LogP contribution in [-0.2, 0) is 26.5 Å². The van der Waals surface area contributed by atoms with Gasteiger partial charge in [0.15, 0.2) is 0 Å². The van der Waals surface area contributed by atoms with Crippen LogP contribution in [0.5, 0.6) is 11.5 Å². The zero-order valence-electron chi connectivity index (χ0n) is 21.8. The average molecular weight is 690 g/mol. The van der Waals surface area contributed by atoms with E-state index in [1.165, 1.54) is 5.56 Å². The van der Waals surface area contributed by atoms with Gasteiger partial charge in [0.25, 0.3) is 0 Å². The molecule has 0 amide bonds. The Morgan fingerprint density at radius 2 is 1.54 bits per heavy atom. The summed E-state index contributed by atoms with van der Waals surface area (Å²) in [4.78, 5) is 17.6. The van der Waals surface area contributed by atoms with Gasteiger partial charge in [-0.2, -0.15) is 6.07 Å². The van der Waals surface area contributed by atoms with Crippen LogP contribution in [0.4, 0.5) is 0 Å². The van der Waals surface area contributed by atoms with Crippen molar-refractivity contribution in [3.05, 3.63) is 132 Å². The first-order chi connectivity index (χ1) is 18.4. The van der Waals surface area contributed by atoms with E-state index in [1.807, 2.05) is 48.7 Å². The molecule has 4 nitrogen and oxygen atoms in total. The van der Waals surface area contributed by atoms with E-state index in [1.54, 1.807) is 30.3 Å². The fourth-order valence-electron chi connectivity index (χ4n) is 4.68. The maximum atomic E-state index is 12.9. The molecule has 0 N–H and O–H groups in total. The van der Waals surface area contributed by atoms with Crippen LogP contribution in [0, 0.1) is 12.1 Å². The minimum Gasteiger partial charge on any atom is -0.503 e. The Hall–Kier alpha value is -4.01. The molecule has 0 atom stereocenters. The summed E-state index contributed by atoms with van der Waals surface area (Å²) >= 11 is 0. The van der Waals surface area contributed by atoms with Crippen molar-refractivity contribution >= 4 is 27.6 Å². The van der Waals surface area contributed by atoms with Gasteiger partial charge in [0.2, 0.25) is 0 Å². The van der Waals surface area contributed by atoms with Crippen LogP contribution >= 0.6 is 0 Å². The van der Waals surface area contributed by atoms with E-state index in [4.69, 9.17) is 9.72 Å². The molecule has 6 rings (SSSR count). The first kappa shape index (κ1) is 26.6. The summed E-state index contributed by atoms with van der Waals surface area (Å²) in [6.45, 7) is 6.59. The van der Waals surface area contributed by atoms with Gasteiger partial charge in [0, 0.05) is 23.2 Å². The van der Waals surface area contributed by atoms with E-state index < -0.39 is 0 Å². The number of fused-ring (bicyclic) bond motifs is 3. The second kappa shape index (κ2) is 10.6. The van der Waals surface area contributed by atoms with Gasteiger partial charge in [-0.3, -0.25) is 0 Å². The summed E-state index contributed by atoms with van der Waals surface area (Å²) in [5, 5.41) is 2.18. The maximum Gasteiger partial charge on any atom is 2.00 e. The van der Waals surface area contributed by atoms with E-state index in [-0.39, 0.29) is 32.3 Å². The van der Waals surface area contributed by atoms with Crippen molar-refractivity contribution in [1.29, 1.82) is 0 Å². The van der Waals surface area contributed by atoms with Crippen molar-refractivity contribution in [3.63, 3.8) is 0 Å². The third-order valence-corrected chi connectivity index (χ3v) is 6.67. The SMILES string of the molecule is CC(C)(C)c1ccnc(-n2c3[c-]c(Oc4[c-]c(C(=O)c5ccccc5)ccc4)ccc3c3ccccc32)c1.[Pt+2]. The van der Waals surface area contributed by atoms with Crippen molar-refractivity contribution in [1.82, 2.24) is 9.55 Å². The summed E-state index contributed by atoms with van der Waals surface area (Å²) in [6.07, 6.45) is 1.86. The van der Waals surface area contributed by atoms with Gasteiger partial charge in [-0.1, -0.05) is 86.4 Å². The molecule has 0 bridgehead atoms. The van der Waals surface area contributed by atoms with Crippen LogP contribution in [-0.4, -0.2) is 15.3 Å². The fourth-order valence-corrected chi connectivity index (χ4v) is 4.68. The molecule has 2 heterocycles. The van der Waals surface area contributed by atoms with Crippen LogP contribution in [0.25, 0.3) is 27.6 Å². The van der Waals surface area contributed by atoms with Gasteiger partial charge < -0.3 is 14.1 Å². The molecule has 39 heavy (non-hydrogen) atoms. The number of hydrogen-bond donors (Lipinski definition) is 0. The number of carbonyl (C=O) groups excluding carboxylic acids is 1. The van der Waals surface area contributed by atoms with Crippen molar-refractivity contribution in [2.24, 2.45) is 0 Å². The van der Waals surface area contributed by atoms with Gasteiger partial charge in [-0.05, 0) is 40.1 Å². The Kier molecular flexibility index (Phi) is 7.25. The number of aromatic nitrogens is 2. The number of carbonyl (C=O) groups is 1. The maximum absolute atomic E-state index is 12.9. The number of rotatable bonds is 5. The molecule has 0 aliphatic carbocycles. The van der Waals surface area contributed by atoms with E-state index >= 15 is 0 Å². The topological polar surface area (TPSA) is 44.1 Å². The number of hydrogen-bond acceptors (Lipinski definition) is 3. The number of ether oxygens (including phenoxy) is 1. The summed E-state index contributed by atoms with van der Waals surface area (Å²) in [5.41, 5.74) is 4.19. The van der Waals surface area contributed by atoms with Crippen molar-refractivity contribution in [2.75, 3.05) is 0 Å². The fraction of sp³-hybridized carbons (Fsp3) is 0.118. The monoisotopic (exact) mass is 689 g/mol. The van der Waals surface area contributed by atoms with Crippen LogP contribution < -0.4 is 4.74 Å². The molecule has 5 heteroatoms. The number of para-hydroxylation sites is 1. The Morgan fingerprint density at radius 3 is 2.33 bits per heavy atom. The van der Waals surface area contributed by atoms with Gasteiger partial charge >= 0.3 is 21.1 Å².